The molecular formula is C32H39N5O3. The Bertz CT molecular complexity index is 1370. The Morgan fingerprint density at radius 3 is 2.17 bits per heavy atom. The van der Waals surface area contributed by atoms with E-state index in [2.05, 4.69) is 26.9 Å². The molecule has 40 heavy (non-hydrogen) atoms. The van der Waals surface area contributed by atoms with E-state index < -0.39 is 17.2 Å². The maximum atomic E-state index is 12.6. The molecule has 4 rings (SSSR count). The van der Waals surface area contributed by atoms with Gasteiger partial charge in [0.05, 0.1) is 11.9 Å². The topological polar surface area (TPSA) is 82.4 Å². The lowest BCUT2D eigenvalue weighted by atomic mass is 10.1. The van der Waals surface area contributed by atoms with Crippen molar-refractivity contribution in [3.63, 3.8) is 0 Å². The number of para-hydroxylation sites is 1. The van der Waals surface area contributed by atoms with Crippen molar-refractivity contribution in [2.24, 2.45) is 0 Å². The molecule has 0 spiro atoms. The summed E-state index contributed by atoms with van der Waals surface area (Å²) in [7, 11) is 0. The Morgan fingerprint density at radius 1 is 0.875 bits per heavy atom. The van der Waals surface area contributed by atoms with E-state index in [0.717, 1.165) is 35.2 Å². The van der Waals surface area contributed by atoms with Crippen molar-refractivity contribution < 1.29 is 14.3 Å². The second kappa shape index (κ2) is 12.3. The third-order valence-corrected chi connectivity index (χ3v) is 6.27. The molecule has 0 saturated heterocycles. The van der Waals surface area contributed by atoms with Crippen LogP contribution in [0.15, 0.2) is 79.4 Å². The minimum atomic E-state index is -1.10. The minimum absolute atomic E-state index is 0.399. The fourth-order valence-corrected chi connectivity index (χ4v) is 4.05. The molecule has 2 heterocycles. The predicted molar refractivity (Wildman–Crippen MR) is 157 cm³/mol. The first kappa shape index (κ1) is 28.8. The molecule has 0 bridgehead atoms. The summed E-state index contributed by atoms with van der Waals surface area (Å²) in [5, 5.41) is 4.55. The smallest absolute Gasteiger partial charge is 0.350 e. The average molecular weight is 542 g/mol. The molecule has 0 aliphatic rings. The maximum Gasteiger partial charge on any atom is 0.350 e. The molecule has 0 N–H and O–H groups in total. The minimum Gasteiger partial charge on any atom is -0.476 e. The highest BCUT2D eigenvalue weighted by Crippen LogP contribution is 2.23. The molecule has 2 aromatic carbocycles. The van der Waals surface area contributed by atoms with Crippen LogP contribution in [0.3, 0.4) is 0 Å². The SMILES string of the molecule is CCc1cnc(N(CCc2ccc(OC(C)(C)C(=O)OC(C)(C)C)cc2)Cc2cnn(-c3ccccc3)c2)nc1. The number of rotatable bonds is 11. The highest BCUT2D eigenvalue weighted by Gasteiger charge is 2.34. The Balaban J connectivity index is 1.44. The van der Waals surface area contributed by atoms with E-state index in [1.807, 2.05) is 105 Å². The summed E-state index contributed by atoms with van der Waals surface area (Å²) in [6, 6.07) is 17.9. The van der Waals surface area contributed by atoms with E-state index in [4.69, 9.17) is 9.47 Å². The molecule has 0 unspecified atom stereocenters. The number of carbonyl (C=O) groups is 1. The van der Waals surface area contributed by atoms with Crippen molar-refractivity contribution in [1.29, 1.82) is 0 Å². The molecule has 0 amide bonds. The molecule has 210 valence electrons. The summed E-state index contributed by atoms with van der Waals surface area (Å²) in [5.41, 5.74) is 2.65. The lowest BCUT2D eigenvalue weighted by molar-refractivity contribution is -0.170. The van der Waals surface area contributed by atoms with Crippen LogP contribution in [0.4, 0.5) is 5.95 Å². The van der Waals surface area contributed by atoms with Gasteiger partial charge < -0.3 is 14.4 Å². The molecule has 0 saturated carbocycles. The van der Waals surface area contributed by atoms with Crippen molar-refractivity contribution in [2.75, 3.05) is 11.4 Å². The van der Waals surface area contributed by atoms with Crippen molar-refractivity contribution >= 4 is 11.9 Å². The van der Waals surface area contributed by atoms with Crippen LogP contribution in [-0.4, -0.2) is 43.5 Å². The predicted octanol–water partition coefficient (Wildman–Crippen LogP) is 5.97. The zero-order valence-corrected chi connectivity index (χ0v) is 24.3. The van der Waals surface area contributed by atoms with Gasteiger partial charge in [0.15, 0.2) is 5.60 Å². The average Bonchev–Trinajstić information content (AvgIpc) is 3.40. The highest BCUT2D eigenvalue weighted by atomic mass is 16.6. The molecule has 0 radical (unpaired) electrons. The van der Waals surface area contributed by atoms with Crippen LogP contribution in [0, 0.1) is 0 Å². The fraction of sp³-hybridized carbons (Fsp3) is 0.375. The molecule has 0 fully saturated rings. The van der Waals surface area contributed by atoms with Gasteiger partial charge in [-0.3, -0.25) is 0 Å². The van der Waals surface area contributed by atoms with E-state index in [0.29, 0.717) is 24.8 Å². The van der Waals surface area contributed by atoms with Gasteiger partial charge in [-0.25, -0.2) is 19.4 Å². The first-order valence-corrected chi connectivity index (χ1v) is 13.7. The second-order valence-electron chi connectivity index (χ2n) is 11.3. The van der Waals surface area contributed by atoms with Crippen molar-refractivity contribution in [3.8, 4) is 11.4 Å². The number of aryl methyl sites for hydroxylation is 1. The molecule has 2 aromatic heterocycles. The van der Waals surface area contributed by atoms with Crippen LogP contribution < -0.4 is 9.64 Å². The second-order valence-corrected chi connectivity index (χ2v) is 11.3. The number of nitrogens with zero attached hydrogens (tertiary/aromatic N) is 5. The van der Waals surface area contributed by atoms with Crippen LogP contribution in [-0.2, 0) is 28.9 Å². The Morgan fingerprint density at radius 2 is 1.55 bits per heavy atom. The Kier molecular flexibility index (Phi) is 8.87. The van der Waals surface area contributed by atoms with Crippen molar-refractivity contribution in [1.82, 2.24) is 19.7 Å². The zero-order chi connectivity index (χ0) is 28.8. The van der Waals surface area contributed by atoms with Gasteiger partial charge in [-0.2, -0.15) is 5.10 Å². The Hall–Kier alpha value is -4.20. The van der Waals surface area contributed by atoms with Gasteiger partial charge in [0.1, 0.15) is 11.4 Å². The number of hydrogen-bond acceptors (Lipinski definition) is 7. The number of esters is 1. The maximum absolute atomic E-state index is 12.6. The fourth-order valence-electron chi connectivity index (χ4n) is 4.05. The number of aromatic nitrogens is 4. The van der Waals surface area contributed by atoms with Crippen LogP contribution in [0.1, 0.15) is 58.2 Å². The van der Waals surface area contributed by atoms with Gasteiger partial charge in [-0.05, 0) is 82.9 Å². The first-order valence-electron chi connectivity index (χ1n) is 13.7. The molecule has 0 aliphatic heterocycles. The quantitative estimate of drug-likeness (QED) is 0.216. The number of hydrogen-bond donors (Lipinski definition) is 0. The van der Waals surface area contributed by atoms with Gasteiger partial charge in [0.2, 0.25) is 5.95 Å². The van der Waals surface area contributed by atoms with E-state index in [1.54, 1.807) is 13.8 Å². The van der Waals surface area contributed by atoms with Gasteiger partial charge in [-0.15, -0.1) is 0 Å². The van der Waals surface area contributed by atoms with Crippen LogP contribution in [0.25, 0.3) is 5.69 Å². The normalized spacial score (nSPS) is 11.8. The van der Waals surface area contributed by atoms with Gasteiger partial charge in [0.25, 0.3) is 0 Å². The summed E-state index contributed by atoms with van der Waals surface area (Å²) in [6.45, 7) is 12.4. The van der Waals surface area contributed by atoms with Gasteiger partial charge in [0, 0.05) is 37.2 Å². The summed E-state index contributed by atoms with van der Waals surface area (Å²) in [4.78, 5) is 24.0. The van der Waals surface area contributed by atoms with E-state index in [-0.39, 0.29) is 0 Å². The number of carbonyl (C=O) groups excluding carboxylic acids is 1. The molecule has 8 nitrogen and oxygen atoms in total. The summed E-state index contributed by atoms with van der Waals surface area (Å²) < 4.78 is 13.4. The summed E-state index contributed by atoms with van der Waals surface area (Å²) in [5.74, 6) is 0.899. The monoisotopic (exact) mass is 541 g/mol. The first-order chi connectivity index (χ1) is 19.0. The van der Waals surface area contributed by atoms with E-state index in [1.165, 1.54) is 0 Å². The largest absolute Gasteiger partial charge is 0.476 e. The molecule has 4 aromatic rings. The van der Waals surface area contributed by atoms with Crippen molar-refractivity contribution in [2.45, 2.75) is 72.1 Å². The van der Waals surface area contributed by atoms with Gasteiger partial charge in [-0.1, -0.05) is 37.3 Å². The molecule has 8 heteroatoms. The third kappa shape index (κ3) is 7.91. The number of benzene rings is 2. The molecule has 0 aliphatic carbocycles. The zero-order valence-electron chi connectivity index (χ0n) is 24.3. The van der Waals surface area contributed by atoms with Crippen LogP contribution in [0.5, 0.6) is 5.75 Å². The Labute approximate surface area is 237 Å². The summed E-state index contributed by atoms with van der Waals surface area (Å²) >= 11 is 0. The van der Waals surface area contributed by atoms with Crippen LogP contribution >= 0.6 is 0 Å². The lowest BCUT2D eigenvalue weighted by Crippen LogP contribution is -2.43. The number of anilines is 1. The van der Waals surface area contributed by atoms with Crippen molar-refractivity contribution in [3.05, 3.63) is 96.1 Å². The van der Waals surface area contributed by atoms with E-state index >= 15 is 0 Å². The summed E-state index contributed by atoms with van der Waals surface area (Å²) in [6.07, 6.45) is 9.38. The molecular weight excluding hydrogens is 502 g/mol. The van der Waals surface area contributed by atoms with Crippen LogP contribution in [0.2, 0.25) is 0 Å². The third-order valence-electron chi connectivity index (χ3n) is 6.27. The van der Waals surface area contributed by atoms with Gasteiger partial charge >= 0.3 is 5.97 Å². The highest BCUT2D eigenvalue weighted by molar-refractivity contribution is 5.79. The molecule has 0 atom stereocenters. The van der Waals surface area contributed by atoms with E-state index in [9.17, 15) is 4.79 Å². The lowest BCUT2D eigenvalue weighted by Gasteiger charge is -2.29. The number of ether oxygens (including phenoxy) is 2. The standard InChI is InChI=1S/C32H39N5O3/c1-7-24-19-33-30(34-20-24)36(22-26-21-35-37(23-26)27-11-9-8-10-12-27)18-17-25-13-15-28(16-14-25)39-32(5,6)29(38)40-31(2,3)4/h8-16,19-21,23H,7,17-18,22H2,1-6H3.